The zero-order valence-electron chi connectivity index (χ0n) is 10.8. The Balaban J connectivity index is 2.55. The fourth-order valence-corrected chi connectivity index (χ4v) is 2.14. The molecule has 2 N–H and O–H groups in total. The summed E-state index contributed by atoms with van der Waals surface area (Å²) < 4.78 is 5.11. The molecule has 1 aromatic carbocycles. The molecule has 19 heavy (non-hydrogen) atoms. The molecule has 100 valence electrons. The molecule has 5 nitrogen and oxygen atoms in total. The van der Waals surface area contributed by atoms with Crippen molar-refractivity contribution in [1.82, 2.24) is 4.98 Å². The highest BCUT2D eigenvalue weighted by molar-refractivity contribution is 5.84. The van der Waals surface area contributed by atoms with Gasteiger partial charge in [-0.15, -0.1) is 0 Å². The van der Waals surface area contributed by atoms with E-state index in [1.807, 2.05) is 19.1 Å². The van der Waals surface area contributed by atoms with Gasteiger partial charge in [-0.2, -0.15) is 0 Å². The zero-order chi connectivity index (χ0) is 14.0. The van der Waals surface area contributed by atoms with Crippen LogP contribution in [0.1, 0.15) is 17.5 Å². The molecule has 5 heteroatoms. The first-order chi connectivity index (χ1) is 9.02. The highest BCUT2D eigenvalue weighted by Gasteiger charge is 2.11. The van der Waals surface area contributed by atoms with Gasteiger partial charge in [0.2, 0.25) is 0 Å². The normalized spacial score (nSPS) is 10.6. The fourth-order valence-electron chi connectivity index (χ4n) is 2.14. The Morgan fingerprint density at radius 3 is 2.79 bits per heavy atom. The molecule has 0 unspecified atom stereocenters. The van der Waals surface area contributed by atoms with E-state index in [1.54, 1.807) is 13.2 Å². The number of hydrogen-bond acceptors (Lipinski definition) is 3. The molecule has 1 heterocycles. The van der Waals surface area contributed by atoms with E-state index in [0.29, 0.717) is 16.8 Å². The predicted molar refractivity (Wildman–Crippen MR) is 71.8 cm³/mol. The van der Waals surface area contributed by atoms with E-state index in [4.69, 9.17) is 9.84 Å². The highest BCUT2D eigenvalue weighted by atomic mass is 16.5. The molecule has 0 saturated carbocycles. The largest absolute Gasteiger partial charge is 0.497 e. The maximum atomic E-state index is 12.0. The smallest absolute Gasteiger partial charge is 0.303 e. The first-order valence-electron chi connectivity index (χ1n) is 5.94. The maximum absolute atomic E-state index is 12.0. The summed E-state index contributed by atoms with van der Waals surface area (Å²) in [7, 11) is 1.56. The molecule has 1 aromatic heterocycles. The average Bonchev–Trinajstić information content (AvgIpc) is 2.37. The van der Waals surface area contributed by atoms with Crippen molar-refractivity contribution in [3.63, 3.8) is 0 Å². The van der Waals surface area contributed by atoms with Crippen LogP contribution in [0.5, 0.6) is 5.75 Å². The SMILES string of the molecule is COc1ccc2c(C)c(CCC(=O)O)c(=O)[nH]c2c1. The third-order valence-corrected chi connectivity index (χ3v) is 3.19. The van der Waals surface area contributed by atoms with Crippen molar-refractivity contribution in [3.05, 3.63) is 39.7 Å². The molecule has 0 radical (unpaired) electrons. The second-order valence-corrected chi connectivity index (χ2v) is 4.36. The van der Waals surface area contributed by atoms with Gasteiger partial charge < -0.3 is 14.8 Å². The van der Waals surface area contributed by atoms with Crippen LogP contribution in [0.4, 0.5) is 0 Å². The first kappa shape index (κ1) is 13.1. The minimum atomic E-state index is -0.909. The number of hydrogen-bond donors (Lipinski definition) is 2. The van der Waals surface area contributed by atoms with E-state index >= 15 is 0 Å². The fraction of sp³-hybridized carbons (Fsp3) is 0.286. The first-order valence-corrected chi connectivity index (χ1v) is 5.94. The van der Waals surface area contributed by atoms with Crippen LogP contribution < -0.4 is 10.3 Å². The van der Waals surface area contributed by atoms with Crippen LogP contribution >= 0.6 is 0 Å². The summed E-state index contributed by atoms with van der Waals surface area (Å²) >= 11 is 0. The Morgan fingerprint density at radius 2 is 2.16 bits per heavy atom. The number of carbonyl (C=O) groups is 1. The number of carboxylic acids is 1. The van der Waals surface area contributed by atoms with Gasteiger partial charge in [-0.1, -0.05) is 0 Å². The van der Waals surface area contributed by atoms with Crippen molar-refractivity contribution in [3.8, 4) is 5.75 Å². The minimum Gasteiger partial charge on any atom is -0.497 e. The molecule has 0 atom stereocenters. The second-order valence-electron chi connectivity index (χ2n) is 4.36. The number of rotatable bonds is 4. The predicted octanol–water partition coefficient (Wildman–Crippen LogP) is 1.86. The Hall–Kier alpha value is -2.30. The number of nitrogens with one attached hydrogen (secondary N) is 1. The summed E-state index contributed by atoms with van der Waals surface area (Å²) in [6.07, 6.45) is 0.185. The highest BCUT2D eigenvalue weighted by Crippen LogP contribution is 2.22. The van der Waals surface area contributed by atoms with Crippen molar-refractivity contribution in [2.45, 2.75) is 19.8 Å². The van der Waals surface area contributed by atoms with Crippen molar-refractivity contribution in [1.29, 1.82) is 0 Å². The molecule has 0 amide bonds. The maximum Gasteiger partial charge on any atom is 0.303 e. The van der Waals surface area contributed by atoms with Gasteiger partial charge in [-0.05, 0) is 31.0 Å². The molecule has 0 fully saturated rings. The Bertz CT molecular complexity index is 688. The van der Waals surface area contributed by atoms with Crippen molar-refractivity contribution in [2.24, 2.45) is 0 Å². The van der Waals surface area contributed by atoms with Crippen LogP contribution in [0.15, 0.2) is 23.0 Å². The van der Waals surface area contributed by atoms with Crippen molar-refractivity contribution in [2.75, 3.05) is 7.11 Å². The monoisotopic (exact) mass is 261 g/mol. The van der Waals surface area contributed by atoms with Gasteiger partial charge >= 0.3 is 5.97 Å². The number of methoxy groups -OCH3 is 1. The number of H-pyrrole nitrogens is 1. The van der Waals surface area contributed by atoms with E-state index in [9.17, 15) is 9.59 Å². The number of aromatic nitrogens is 1. The van der Waals surface area contributed by atoms with E-state index in [2.05, 4.69) is 4.98 Å². The topological polar surface area (TPSA) is 79.4 Å². The molecule has 2 aromatic rings. The van der Waals surface area contributed by atoms with E-state index in [-0.39, 0.29) is 18.4 Å². The number of fused-ring (bicyclic) bond motifs is 1. The van der Waals surface area contributed by atoms with Gasteiger partial charge in [0.05, 0.1) is 12.6 Å². The van der Waals surface area contributed by atoms with Crippen LogP contribution in [0.3, 0.4) is 0 Å². The Morgan fingerprint density at radius 1 is 1.42 bits per heavy atom. The summed E-state index contributed by atoms with van der Waals surface area (Å²) in [6, 6.07) is 5.43. The number of aromatic amines is 1. The molecule has 0 saturated heterocycles. The number of benzene rings is 1. The van der Waals surface area contributed by atoms with Crippen LogP contribution in [-0.4, -0.2) is 23.2 Å². The van der Waals surface area contributed by atoms with Crippen LogP contribution in [0, 0.1) is 6.92 Å². The number of pyridine rings is 1. The Kier molecular flexibility index (Phi) is 3.55. The molecule has 0 aliphatic heterocycles. The number of ether oxygens (including phenoxy) is 1. The third kappa shape index (κ3) is 2.59. The number of aliphatic carboxylic acids is 1. The lowest BCUT2D eigenvalue weighted by Gasteiger charge is -2.09. The lowest BCUT2D eigenvalue weighted by Crippen LogP contribution is -2.16. The molecule has 2 rings (SSSR count). The minimum absolute atomic E-state index is 0.0500. The van der Waals surface area contributed by atoms with E-state index in [0.717, 1.165) is 10.9 Å². The van der Waals surface area contributed by atoms with Crippen molar-refractivity contribution < 1.29 is 14.6 Å². The summed E-state index contributed by atoms with van der Waals surface area (Å²) in [6.45, 7) is 1.83. The molecular formula is C14H15NO4. The van der Waals surface area contributed by atoms with Crippen LogP contribution in [-0.2, 0) is 11.2 Å². The standard InChI is InChI=1S/C14H15NO4/c1-8-10-4-3-9(19-2)7-12(10)15-14(18)11(8)5-6-13(16)17/h3-4,7H,5-6H2,1-2H3,(H,15,18)(H,16,17). The molecule has 0 spiro atoms. The van der Waals surface area contributed by atoms with Gasteiger partial charge in [0, 0.05) is 23.4 Å². The number of aryl methyl sites for hydroxylation is 1. The third-order valence-electron chi connectivity index (χ3n) is 3.19. The molecular weight excluding hydrogens is 246 g/mol. The number of carboxylic acid groups (broad SMARTS) is 1. The molecule has 0 aliphatic carbocycles. The second kappa shape index (κ2) is 5.14. The Labute approximate surface area is 109 Å². The van der Waals surface area contributed by atoms with E-state index < -0.39 is 5.97 Å². The van der Waals surface area contributed by atoms with Crippen molar-refractivity contribution >= 4 is 16.9 Å². The van der Waals surface area contributed by atoms with Gasteiger partial charge in [0.25, 0.3) is 5.56 Å². The summed E-state index contributed by atoms with van der Waals surface area (Å²) in [4.78, 5) is 25.4. The average molecular weight is 261 g/mol. The van der Waals surface area contributed by atoms with Crippen LogP contribution in [0.2, 0.25) is 0 Å². The lowest BCUT2D eigenvalue weighted by atomic mass is 10.0. The van der Waals surface area contributed by atoms with Gasteiger partial charge in [0.15, 0.2) is 0 Å². The van der Waals surface area contributed by atoms with Crippen LogP contribution in [0.25, 0.3) is 10.9 Å². The van der Waals surface area contributed by atoms with E-state index in [1.165, 1.54) is 0 Å². The lowest BCUT2D eigenvalue weighted by molar-refractivity contribution is -0.136. The van der Waals surface area contributed by atoms with Gasteiger partial charge in [0.1, 0.15) is 5.75 Å². The molecule has 0 bridgehead atoms. The quantitative estimate of drug-likeness (QED) is 0.880. The summed E-state index contributed by atoms with van der Waals surface area (Å²) in [5, 5.41) is 9.61. The van der Waals surface area contributed by atoms with Gasteiger partial charge in [-0.25, -0.2) is 0 Å². The summed E-state index contributed by atoms with van der Waals surface area (Å²) in [5.74, 6) is -0.241. The zero-order valence-corrected chi connectivity index (χ0v) is 10.8. The summed E-state index contributed by atoms with van der Waals surface area (Å²) in [5.41, 5.74) is 1.81. The van der Waals surface area contributed by atoms with Gasteiger partial charge in [-0.3, -0.25) is 9.59 Å². The molecule has 0 aliphatic rings.